The fourth-order valence-electron chi connectivity index (χ4n) is 3.45. The van der Waals surface area contributed by atoms with Crippen LogP contribution in [0.1, 0.15) is 13.8 Å². The zero-order valence-corrected chi connectivity index (χ0v) is 16.6. The predicted molar refractivity (Wildman–Crippen MR) is 115 cm³/mol. The Morgan fingerprint density at radius 1 is 0.929 bits per heavy atom. The molecule has 142 valence electrons. The highest BCUT2D eigenvalue weighted by atomic mass is 32.1. The van der Waals surface area contributed by atoms with E-state index in [4.69, 9.17) is 17.0 Å². The number of anilines is 2. The fraction of sp³-hybridized carbons (Fsp3) is 0.182. The van der Waals surface area contributed by atoms with Gasteiger partial charge in [0, 0.05) is 24.9 Å². The number of para-hydroxylation sites is 3. The molecule has 0 bridgehead atoms. The highest BCUT2D eigenvalue weighted by molar-refractivity contribution is 7.80. The number of likely N-dealkylation sites (N-methyl/N-ethyl adjacent to an activating group) is 1. The SMILES string of the molecule is CCN1C(=O)/C(=C\C=C2/Oc3ccccc3N2CC)N(c2ccccc2)C1=S. The van der Waals surface area contributed by atoms with Crippen LogP contribution in [0, 0.1) is 0 Å². The van der Waals surface area contributed by atoms with Crippen LogP contribution < -0.4 is 14.5 Å². The molecule has 2 aromatic rings. The van der Waals surface area contributed by atoms with Gasteiger partial charge in [-0.1, -0.05) is 30.3 Å². The Hall–Kier alpha value is -3.12. The number of hydrogen-bond acceptors (Lipinski definition) is 4. The summed E-state index contributed by atoms with van der Waals surface area (Å²) in [6.07, 6.45) is 3.63. The van der Waals surface area contributed by atoms with E-state index in [0.717, 1.165) is 23.7 Å². The molecule has 0 atom stereocenters. The van der Waals surface area contributed by atoms with E-state index in [9.17, 15) is 4.79 Å². The largest absolute Gasteiger partial charge is 0.439 e. The summed E-state index contributed by atoms with van der Waals surface area (Å²) in [6.45, 7) is 5.28. The minimum absolute atomic E-state index is 0.105. The van der Waals surface area contributed by atoms with Crippen LogP contribution in [-0.2, 0) is 4.79 Å². The van der Waals surface area contributed by atoms with E-state index in [2.05, 4.69) is 11.8 Å². The lowest BCUT2D eigenvalue weighted by molar-refractivity contribution is -0.122. The molecule has 0 N–H and O–H groups in total. The van der Waals surface area contributed by atoms with Crippen molar-refractivity contribution in [3.8, 4) is 5.75 Å². The molecular formula is C22H21N3O2S. The molecule has 2 aromatic carbocycles. The van der Waals surface area contributed by atoms with Crippen LogP contribution in [0.4, 0.5) is 11.4 Å². The van der Waals surface area contributed by atoms with Gasteiger partial charge in [0.25, 0.3) is 5.91 Å². The van der Waals surface area contributed by atoms with Crippen LogP contribution >= 0.6 is 12.2 Å². The van der Waals surface area contributed by atoms with E-state index in [1.165, 1.54) is 0 Å². The van der Waals surface area contributed by atoms with Crippen LogP contribution in [0.5, 0.6) is 5.75 Å². The second-order valence-corrected chi connectivity index (χ2v) is 6.74. The summed E-state index contributed by atoms with van der Waals surface area (Å²) >= 11 is 5.58. The summed E-state index contributed by atoms with van der Waals surface area (Å²) in [5.41, 5.74) is 2.41. The third-order valence-corrected chi connectivity index (χ3v) is 5.20. The first-order chi connectivity index (χ1) is 13.7. The predicted octanol–water partition coefficient (Wildman–Crippen LogP) is 4.28. The average Bonchev–Trinajstić information content (AvgIpc) is 3.20. The van der Waals surface area contributed by atoms with Crippen molar-refractivity contribution in [1.82, 2.24) is 4.90 Å². The van der Waals surface area contributed by atoms with E-state index in [1.54, 1.807) is 11.0 Å². The zero-order chi connectivity index (χ0) is 19.7. The van der Waals surface area contributed by atoms with Crippen molar-refractivity contribution in [2.45, 2.75) is 13.8 Å². The lowest BCUT2D eigenvalue weighted by Gasteiger charge is -2.19. The molecule has 5 nitrogen and oxygen atoms in total. The maximum Gasteiger partial charge on any atom is 0.277 e. The Labute approximate surface area is 170 Å². The molecule has 6 heteroatoms. The zero-order valence-electron chi connectivity index (χ0n) is 15.8. The number of thiocarbonyl (C=S) groups is 1. The first kappa shape index (κ1) is 18.3. The molecule has 28 heavy (non-hydrogen) atoms. The molecule has 0 spiro atoms. The molecule has 2 aliphatic heterocycles. The number of ether oxygens (including phenoxy) is 1. The maximum atomic E-state index is 12.9. The van der Waals surface area contributed by atoms with Crippen molar-refractivity contribution in [2.24, 2.45) is 0 Å². The number of nitrogens with zero attached hydrogens (tertiary/aromatic N) is 3. The molecule has 0 saturated carbocycles. The third kappa shape index (κ3) is 2.96. The normalized spacial score (nSPS) is 19.0. The number of rotatable bonds is 4. The number of amides is 1. The lowest BCUT2D eigenvalue weighted by Crippen LogP contribution is -2.32. The van der Waals surface area contributed by atoms with Gasteiger partial charge < -0.3 is 9.64 Å². The number of benzene rings is 2. The van der Waals surface area contributed by atoms with Gasteiger partial charge in [0.05, 0.1) is 5.69 Å². The number of allylic oxidation sites excluding steroid dienone is 2. The molecule has 2 heterocycles. The van der Waals surface area contributed by atoms with Gasteiger partial charge in [-0.25, -0.2) is 0 Å². The second kappa shape index (κ2) is 7.48. The smallest absolute Gasteiger partial charge is 0.277 e. The average molecular weight is 391 g/mol. The molecule has 0 aromatic heterocycles. The topological polar surface area (TPSA) is 36.0 Å². The van der Waals surface area contributed by atoms with E-state index >= 15 is 0 Å². The Bertz CT molecular complexity index is 984. The van der Waals surface area contributed by atoms with Gasteiger partial charge in [-0.05, 0) is 56.4 Å². The van der Waals surface area contributed by atoms with Gasteiger partial charge in [0.1, 0.15) is 5.70 Å². The highest BCUT2D eigenvalue weighted by Gasteiger charge is 2.37. The Kier molecular flexibility index (Phi) is 4.88. The summed E-state index contributed by atoms with van der Waals surface area (Å²) in [7, 11) is 0. The second-order valence-electron chi connectivity index (χ2n) is 6.37. The molecule has 0 aliphatic carbocycles. The summed E-state index contributed by atoms with van der Waals surface area (Å²) in [5, 5.41) is 0.492. The van der Waals surface area contributed by atoms with Gasteiger partial charge in [0.2, 0.25) is 5.88 Å². The molecule has 2 aliphatic rings. The molecule has 0 unspecified atom stereocenters. The molecule has 1 fully saturated rings. The molecule has 1 saturated heterocycles. The van der Waals surface area contributed by atoms with Crippen molar-refractivity contribution in [1.29, 1.82) is 0 Å². The van der Waals surface area contributed by atoms with Gasteiger partial charge in [-0.3, -0.25) is 14.6 Å². The molecule has 0 radical (unpaired) electrons. The molecular weight excluding hydrogens is 370 g/mol. The highest BCUT2D eigenvalue weighted by Crippen LogP contribution is 2.38. The maximum absolute atomic E-state index is 12.9. The minimum atomic E-state index is -0.105. The van der Waals surface area contributed by atoms with Crippen molar-refractivity contribution >= 4 is 34.6 Å². The van der Waals surface area contributed by atoms with Gasteiger partial charge in [-0.2, -0.15) is 0 Å². The van der Waals surface area contributed by atoms with Gasteiger partial charge >= 0.3 is 0 Å². The van der Waals surface area contributed by atoms with Crippen LogP contribution in [-0.4, -0.2) is 29.0 Å². The van der Waals surface area contributed by atoms with Crippen molar-refractivity contribution in [2.75, 3.05) is 22.9 Å². The monoisotopic (exact) mass is 391 g/mol. The van der Waals surface area contributed by atoms with Crippen LogP contribution in [0.25, 0.3) is 0 Å². The van der Waals surface area contributed by atoms with Gasteiger partial charge in [0.15, 0.2) is 10.9 Å². The Morgan fingerprint density at radius 3 is 2.32 bits per heavy atom. The third-order valence-electron chi connectivity index (χ3n) is 4.79. The Balaban J connectivity index is 1.74. The van der Waals surface area contributed by atoms with Crippen molar-refractivity contribution < 1.29 is 9.53 Å². The minimum Gasteiger partial charge on any atom is -0.439 e. The summed E-state index contributed by atoms with van der Waals surface area (Å²) < 4.78 is 5.99. The van der Waals surface area contributed by atoms with E-state index in [-0.39, 0.29) is 5.91 Å². The Morgan fingerprint density at radius 2 is 1.61 bits per heavy atom. The van der Waals surface area contributed by atoms with Crippen molar-refractivity contribution in [3.05, 3.63) is 78.3 Å². The number of carbonyl (C=O) groups is 1. The molecule has 4 rings (SSSR count). The molecule has 1 amide bonds. The number of hydrogen-bond donors (Lipinski definition) is 0. The standard InChI is InChI=1S/C22H21N3O2S/c1-3-23-17-12-8-9-13-19(17)27-20(23)15-14-18-21(26)24(4-2)22(28)25(18)16-10-6-5-7-11-16/h5-15H,3-4H2,1-2H3/b18-14+,20-15-. The van der Waals surface area contributed by atoms with E-state index < -0.39 is 0 Å². The number of carbonyl (C=O) groups excluding carboxylic acids is 1. The summed E-state index contributed by atoms with van der Waals surface area (Å²) in [4.78, 5) is 18.4. The number of fused-ring (bicyclic) bond motifs is 1. The first-order valence-corrected chi connectivity index (χ1v) is 9.74. The van der Waals surface area contributed by atoms with Gasteiger partial charge in [-0.15, -0.1) is 0 Å². The van der Waals surface area contributed by atoms with E-state index in [0.29, 0.717) is 23.2 Å². The van der Waals surface area contributed by atoms with Crippen LogP contribution in [0.2, 0.25) is 0 Å². The van der Waals surface area contributed by atoms with Crippen molar-refractivity contribution in [3.63, 3.8) is 0 Å². The summed E-state index contributed by atoms with van der Waals surface area (Å²) in [5.74, 6) is 1.40. The summed E-state index contributed by atoms with van der Waals surface area (Å²) in [6, 6.07) is 17.6. The van der Waals surface area contributed by atoms with Crippen LogP contribution in [0.3, 0.4) is 0 Å². The lowest BCUT2D eigenvalue weighted by atomic mass is 10.2. The van der Waals surface area contributed by atoms with E-state index in [1.807, 2.05) is 72.5 Å². The quantitative estimate of drug-likeness (QED) is 0.574. The van der Waals surface area contributed by atoms with Crippen LogP contribution in [0.15, 0.2) is 78.3 Å². The fourth-order valence-corrected chi connectivity index (χ4v) is 3.86. The first-order valence-electron chi connectivity index (χ1n) is 9.33.